The van der Waals surface area contributed by atoms with E-state index in [1.54, 1.807) is 30.5 Å². The summed E-state index contributed by atoms with van der Waals surface area (Å²) in [4.78, 5) is 15.5. The number of sulfone groups is 1. The molecule has 1 aliphatic rings. The number of hydrogen-bond acceptors (Lipinski definition) is 4. The van der Waals surface area contributed by atoms with Gasteiger partial charge in [0.1, 0.15) is 0 Å². The highest BCUT2D eigenvalue weighted by molar-refractivity contribution is 7.90. The molecule has 1 aliphatic carbocycles. The van der Waals surface area contributed by atoms with Crippen LogP contribution in [0.4, 0.5) is 0 Å². The molecule has 7 heteroatoms. The highest BCUT2D eigenvalue weighted by atomic mass is 32.2. The average molecular weight is 375 g/mol. The van der Waals surface area contributed by atoms with Crippen LogP contribution in [0.1, 0.15) is 31.7 Å². The van der Waals surface area contributed by atoms with Crippen LogP contribution in [0, 0.1) is 0 Å². The number of nitrogens with zero attached hydrogens (tertiary/aromatic N) is 3. The van der Waals surface area contributed by atoms with Crippen molar-refractivity contribution >= 4 is 15.7 Å². The van der Waals surface area contributed by atoms with E-state index < -0.39 is 15.3 Å². The first-order valence-electron chi connectivity index (χ1n) is 8.94. The molecule has 1 heterocycles. The van der Waals surface area contributed by atoms with Crippen LogP contribution in [0.25, 0.3) is 0 Å². The zero-order chi connectivity index (χ0) is 18.8. The molecule has 1 saturated carbocycles. The lowest BCUT2D eigenvalue weighted by Crippen LogP contribution is -2.51. The van der Waals surface area contributed by atoms with E-state index in [1.807, 2.05) is 28.8 Å². The van der Waals surface area contributed by atoms with Gasteiger partial charge in [-0.1, -0.05) is 18.6 Å². The zero-order valence-corrected chi connectivity index (χ0v) is 16.1. The number of rotatable bonds is 7. The SMILES string of the molecule is CCN(CCn1cccn1)C(=O)C1(c2ccc(S(C)(=O)=O)cc2)CCC1. The van der Waals surface area contributed by atoms with Crippen molar-refractivity contribution in [2.75, 3.05) is 19.3 Å². The van der Waals surface area contributed by atoms with E-state index in [4.69, 9.17) is 0 Å². The molecule has 1 aromatic heterocycles. The van der Waals surface area contributed by atoms with Crippen LogP contribution in [0.15, 0.2) is 47.6 Å². The summed E-state index contributed by atoms with van der Waals surface area (Å²) in [5.41, 5.74) is 0.398. The van der Waals surface area contributed by atoms with Crippen molar-refractivity contribution < 1.29 is 13.2 Å². The van der Waals surface area contributed by atoms with Gasteiger partial charge in [-0.05, 0) is 43.5 Å². The number of amides is 1. The van der Waals surface area contributed by atoms with Gasteiger partial charge in [0.05, 0.1) is 16.9 Å². The molecule has 0 radical (unpaired) electrons. The van der Waals surface area contributed by atoms with E-state index in [0.717, 1.165) is 24.8 Å². The smallest absolute Gasteiger partial charge is 0.233 e. The molecule has 1 fully saturated rings. The highest BCUT2D eigenvalue weighted by Gasteiger charge is 2.47. The lowest BCUT2D eigenvalue weighted by atomic mass is 9.63. The third kappa shape index (κ3) is 3.53. The van der Waals surface area contributed by atoms with Gasteiger partial charge in [0.2, 0.25) is 5.91 Å². The largest absolute Gasteiger partial charge is 0.340 e. The first kappa shape index (κ1) is 18.6. The average Bonchev–Trinajstić information content (AvgIpc) is 3.07. The lowest BCUT2D eigenvalue weighted by molar-refractivity contribution is -0.141. The fraction of sp³-hybridized carbons (Fsp3) is 0.474. The Hall–Kier alpha value is -2.15. The Morgan fingerprint density at radius 3 is 2.42 bits per heavy atom. The van der Waals surface area contributed by atoms with Crippen LogP contribution in [-0.4, -0.2) is 48.4 Å². The molecule has 0 spiro atoms. The summed E-state index contributed by atoms with van der Waals surface area (Å²) in [6, 6.07) is 8.69. The van der Waals surface area contributed by atoms with Crippen LogP contribution in [-0.2, 0) is 26.6 Å². The minimum absolute atomic E-state index is 0.130. The number of aromatic nitrogens is 2. The Labute approximate surface area is 154 Å². The Morgan fingerprint density at radius 1 is 1.27 bits per heavy atom. The lowest BCUT2D eigenvalue weighted by Gasteiger charge is -2.44. The molecule has 0 atom stereocenters. The summed E-state index contributed by atoms with van der Waals surface area (Å²) in [7, 11) is -3.23. The molecular weight excluding hydrogens is 350 g/mol. The maximum Gasteiger partial charge on any atom is 0.233 e. The molecular formula is C19H25N3O3S. The van der Waals surface area contributed by atoms with Gasteiger partial charge >= 0.3 is 0 Å². The second kappa shape index (κ2) is 7.23. The fourth-order valence-electron chi connectivity index (χ4n) is 3.54. The highest BCUT2D eigenvalue weighted by Crippen LogP contribution is 2.45. The van der Waals surface area contributed by atoms with Crippen molar-refractivity contribution in [2.45, 2.75) is 43.0 Å². The van der Waals surface area contributed by atoms with Gasteiger partial charge in [0, 0.05) is 31.7 Å². The summed E-state index contributed by atoms with van der Waals surface area (Å²) < 4.78 is 25.2. The molecule has 2 aromatic rings. The minimum atomic E-state index is -3.23. The molecule has 0 N–H and O–H groups in total. The maximum absolute atomic E-state index is 13.3. The Balaban J connectivity index is 1.80. The van der Waals surface area contributed by atoms with Crippen LogP contribution in [0.2, 0.25) is 0 Å². The Bertz CT molecular complexity index is 854. The van der Waals surface area contributed by atoms with Crippen molar-refractivity contribution in [3.8, 4) is 0 Å². The summed E-state index contributed by atoms with van der Waals surface area (Å²) >= 11 is 0. The second-order valence-corrected chi connectivity index (χ2v) is 8.90. The predicted molar refractivity (Wildman–Crippen MR) is 99.6 cm³/mol. The molecule has 0 bridgehead atoms. The molecule has 26 heavy (non-hydrogen) atoms. The molecule has 1 aromatic carbocycles. The van der Waals surface area contributed by atoms with Crippen molar-refractivity contribution in [1.29, 1.82) is 0 Å². The third-order valence-corrected chi connectivity index (χ3v) is 6.41. The topological polar surface area (TPSA) is 72.3 Å². The molecule has 6 nitrogen and oxygen atoms in total. The van der Waals surface area contributed by atoms with Crippen LogP contribution in [0.5, 0.6) is 0 Å². The Kier molecular flexibility index (Phi) is 5.18. The molecule has 140 valence electrons. The van der Waals surface area contributed by atoms with Crippen molar-refractivity contribution in [3.63, 3.8) is 0 Å². The van der Waals surface area contributed by atoms with E-state index in [2.05, 4.69) is 5.10 Å². The number of likely N-dealkylation sites (N-methyl/N-ethyl adjacent to an activating group) is 1. The van der Waals surface area contributed by atoms with Crippen LogP contribution < -0.4 is 0 Å². The van der Waals surface area contributed by atoms with Crippen molar-refractivity contribution in [2.24, 2.45) is 0 Å². The van der Waals surface area contributed by atoms with Gasteiger partial charge in [-0.2, -0.15) is 5.10 Å². The standard InChI is InChI=1S/C19H25N3O3S/c1-3-21(14-15-22-13-5-12-20-22)18(23)19(10-4-11-19)16-6-8-17(9-7-16)26(2,24)25/h5-9,12-13H,3-4,10-11,14-15H2,1-2H3. The van der Waals surface area contributed by atoms with Gasteiger partial charge < -0.3 is 4.90 Å². The first-order valence-corrected chi connectivity index (χ1v) is 10.8. The van der Waals surface area contributed by atoms with Crippen LogP contribution >= 0.6 is 0 Å². The van der Waals surface area contributed by atoms with Crippen molar-refractivity contribution in [1.82, 2.24) is 14.7 Å². The number of benzene rings is 1. The zero-order valence-electron chi connectivity index (χ0n) is 15.3. The molecule has 0 aliphatic heterocycles. The summed E-state index contributed by atoms with van der Waals surface area (Å²) in [6.07, 6.45) is 7.44. The monoisotopic (exact) mass is 375 g/mol. The molecule has 0 saturated heterocycles. The van der Waals surface area contributed by atoms with Gasteiger partial charge in [-0.25, -0.2) is 8.42 Å². The van der Waals surface area contributed by atoms with Crippen LogP contribution in [0.3, 0.4) is 0 Å². The summed E-state index contributed by atoms with van der Waals surface area (Å²) in [5, 5.41) is 4.19. The fourth-order valence-corrected chi connectivity index (χ4v) is 4.17. The number of hydrogen-bond donors (Lipinski definition) is 0. The maximum atomic E-state index is 13.3. The summed E-state index contributed by atoms with van der Waals surface area (Å²) in [6.45, 7) is 3.90. The second-order valence-electron chi connectivity index (χ2n) is 6.89. The van der Waals surface area contributed by atoms with E-state index in [0.29, 0.717) is 19.6 Å². The summed E-state index contributed by atoms with van der Waals surface area (Å²) in [5.74, 6) is 0.130. The van der Waals surface area contributed by atoms with Gasteiger partial charge in [0.25, 0.3) is 0 Å². The van der Waals surface area contributed by atoms with Gasteiger partial charge in [-0.15, -0.1) is 0 Å². The van der Waals surface area contributed by atoms with E-state index in [9.17, 15) is 13.2 Å². The molecule has 0 unspecified atom stereocenters. The number of carbonyl (C=O) groups excluding carboxylic acids is 1. The normalized spacial score (nSPS) is 16.1. The minimum Gasteiger partial charge on any atom is -0.340 e. The number of carbonyl (C=O) groups is 1. The van der Waals surface area contributed by atoms with E-state index in [1.165, 1.54) is 6.26 Å². The predicted octanol–water partition coefficient (Wildman–Crippen LogP) is 2.26. The molecule has 1 amide bonds. The van der Waals surface area contributed by atoms with E-state index in [-0.39, 0.29) is 10.8 Å². The van der Waals surface area contributed by atoms with Crippen molar-refractivity contribution in [3.05, 3.63) is 48.3 Å². The van der Waals surface area contributed by atoms with Gasteiger partial charge in [0.15, 0.2) is 9.84 Å². The van der Waals surface area contributed by atoms with Gasteiger partial charge in [-0.3, -0.25) is 9.48 Å². The molecule has 3 rings (SSSR count). The van der Waals surface area contributed by atoms with E-state index >= 15 is 0 Å². The Morgan fingerprint density at radius 2 is 1.96 bits per heavy atom. The quantitative estimate of drug-likeness (QED) is 0.744. The third-order valence-electron chi connectivity index (χ3n) is 5.28. The first-order chi connectivity index (χ1) is 12.4.